The molecule has 2 aliphatic heterocycles. The zero-order valence-corrected chi connectivity index (χ0v) is 19.0. The zero-order chi connectivity index (χ0) is 23.3. The number of amides is 1. The molecule has 2 N–H and O–H groups in total. The molecule has 0 saturated carbocycles. The summed E-state index contributed by atoms with van der Waals surface area (Å²) in [5, 5.41) is 3.02. The van der Waals surface area contributed by atoms with Crippen molar-refractivity contribution in [2.24, 2.45) is 5.92 Å². The molecule has 2 aliphatic rings. The van der Waals surface area contributed by atoms with Crippen LogP contribution >= 0.6 is 0 Å². The van der Waals surface area contributed by atoms with E-state index in [4.69, 9.17) is 9.47 Å². The molecule has 2 heterocycles. The van der Waals surface area contributed by atoms with Gasteiger partial charge in [0.15, 0.2) is 0 Å². The number of morpholine rings is 1. The van der Waals surface area contributed by atoms with Crippen LogP contribution in [0, 0.1) is 11.7 Å². The third kappa shape index (κ3) is 6.08. The van der Waals surface area contributed by atoms with Crippen LogP contribution in [0.2, 0.25) is 0 Å². The predicted molar refractivity (Wildman–Crippen MR) is 121 cm³/mol. The Morgan fingerprint density at radius 1 is 1.03 bits per heavy atom. The van der Waals surface area contributed by atoms with Crippen molar-refractivity contribution in [3.05, 3.63) is 59.9 Å². The molecule has 1 amide bonds. The van der Waals surface area contributed by atoms with E-state index in [9.17, 15) is 17.6 Å². The van der Waals surface area contributed by atoms with Gasteiger partial charge in [0.25, 0.3) is 15.9 Å². The second-order valence-corrected chi connectivity index (χ2v) is 9.87. The number of carbonyl (C=O) groups excluding carboxylic acids is 1. The van der Waals surface area contributed by atoms with Crippen molar-refractivity contribution < 1.29 is 27.1 Å². The van der Waals surface area contributed by atoms with E-state index in [-0.39, 0.29) is 16.8 Å². The SMILES string of the molecule is O=C(NCC(C1CCOC1)N1CCOCC1)c1ccc(NS(=O)(=O)c2ccc(F)cc2)cc1. The third-order valence-electron chi connectivity index (χ3n) is 6.02. The molecular weight excluding hydrogens is 449 g/mol. The van der Waals surface area contributed by atoms with Crippen molar-refractivity contribution in [1.82, 2.24) is 10.2 Å². The number of hydrogen-bond donors (Lipinski definition) is 2. The van der Waals surface area contributed by atoms with Crippen LogP contribution in [0.15, 0.2) is 53.4 Å². The summed E-state index contributed by atoms with van der Waals surface area (Å²) in [5.41, 5.74) is 0.744. The highest BCUT2D eigenvalue weighted by molar-refractivity contribution is 7.92. The van der Waals surface area contributed by atoms with Crippen LogP contribution in [-0.4, -0.2) is 71.3 Å². The van der Waals surface area contributed by atoms with Crippen LogP contribution in [-0.2, 0) is 19.5 Å². The molecule has 10 heteroatoms. The Bertz CT molecular complexity index is 1030. The Morgan fingerprint density at radius 3 is 2.36 bits per heavy atom. The van der Waals surface area contributed by atoms with E-state index in [0.717, 1.165) is 38.2 Å². The first kappa shape index (κ1) is 23.6. The molecule has 2 atom stereocenters. The number of anilines is 1. The predicted octanol–water partition coefficient (Wildman–Crippen LogP) is 2.09. The van der Waals surface area contributed by atoms with Crippen LogP contribution in [0.5, 0.6) is 0 Å². The van der Waals surface area contributed by atoms with E-state index in [1.165, 1.54) is 24.3 Å². The van der Waals surface area contributed by atoms with E-state index in [2.05, 4.69) is 14.9 Å². The summed E-state index contributed by atoms with van der Waals surface area (Å²) in [6.07, 6.45) is 0.973. The van der Waals surface area contributed by atoms with E-state index in [1.54, 1.807) is 12.1 Å². The summed E-state index contributed by atoms with van der Waals surface area (Å²) < 4.78 is 51.4. The van der Waals surface area contributed by atoms with Crippen LogP contribution in [0.3, 0.4) is 0 Å². The largest absolute Gasteiger partial charge is 0.381 e. The minimum absolute atomic E-state index is 0.0456. The maximum absolute atomic E-state index is 13.1. The quantitative estimate of drug-likeness (QED) is 0.605. The Balaban J connectivity index is 1.36. The van der Waals surface area contributed by atoms with Crippen molar-refractivity contribution in [2.45, 2.75) is 17.4 Å². The molecule has 0 bridgehead atoms. The highest BCUT2D eigenvalue weighted by Crippen LogP contribution is 2.22. The number of halogens is 1. The minimum Gasteiger partial charge on any atom is -0.381 e. The molecule has 0 spiro atoms. The average molecular weight is 478 g/mol. The van der Waals surface area contributed by atoms with E-state index >= 15 is 0 Å². The number of sulfonamides is 1. The number of nitrogens with zero attached hydrogens (tertiary/aromatic N) is 1. The lowest BCUT2D eigenvalue weighted by Gasteiger charge is -2.37. The lowest BCUT2D eigenvalue weighted by Crippen LogP contribution is -2.52. The van der Waals surface area contributed by atoms with Gasteiger partial charge in [-0.15, -0.1) is 0 Å². The van der Waals surface area contributed by atoms with E-state index in [0.29, 0.717) is 43.5 Å². The second-order valence-electron chi connectivity index (χ2n) is 8.19. The molecule has 178 valence electrons. The van der Waals surface area contributed by atoms with Gasteiger partial charge in [-0.05, 0) is 55.0 Å². The van der Waals surface area contributed by atoms with Crippen molar-refractivity contribution >= 4 is 21.6 Å². The van der Waals surface area contributed by atoms with Crippen LogP contribution in [0.4, 0.5) is 10.1 Å². The zero-order valence-electron chi connectivity index (χ0n) is 18.2. The molecule has 0 aromatic heterocycles. The van der Waals surface area contributed by atoms with Crippen LogP contribution in [0.1, 0.15) is 16.8 Å². The van der Waals surface area contributed by atoms with Crippen molar-refractivity contribution in [1.29, 1.82) is 0 Å². The van der Waals surface area contributed by atoms with E-state index < -0.39 is 15.8 Å². The van der Waals surface area contributed by atoms with Gasteiger partial charge in [-0.2, -0.15) is 0 Å². The summed E-state index contributed by atoms with van der Waals surface area (Å²) in [6, 6.07) is 10.9. The Morgan fingerprint density at radius 2 is 1.73 bits per heavy atom. The minimum atomic E-state index is -3.85. The second kappa shape index (κ2) is 10.6. The van der Waals surface area contributed by atoms with Gasteiger partial charge in [0.05, 0.1) is 24.7 Å². The first-order valence-electron chi connectivity index (χ1n) is 11.0. The molecule has 4 rings (SSSR count). The lowest BCUT2D eigenvalue weighted by molar-refractivity contribution is 0.00166. The van der Waals surface area contributed by atoms with Crippen LogP contribution < -0.4 is 10.0 Å². The summed E-state index contributed by atoms with van der Waals surface area (Å²) in [5.74, 6) is -0.368. The molecule has 0 radical (unpaired) electrons. The maximum atomic E-state index is 13.1. The smallest absolute Gasteiger partial charge is 0.261 e. The summed E-state index contributed by atoms with van der Waals surface area (Å²) >= 11 is 0. The molecular formula is C23H28FN3O5S. The molecule has 2 saturated heterocycles. The molecule has 2 fully saturated rings. The highest BCUT2D eigenvalue weighted by Gasteiger charge is 2.31. The maximum Gasteiger partial charge on any atom is 0.261 e. The van der Waals surface area contributed by atoms with Gasteiger partial charge >= 0.3 is 0 Å². The van der Waals surface area contributed by atoms with Crippen molar-refractivity contribution in [3.8, 4) is 0 Å². The normalized spacial score (nSPS) is 20.3. The Hall–Kier alpha value is -2.53. The highest BCUT2D eigenvalue weighted by atomic mass is 32.2. The number of rotatable bonds is 8. The number of hydrogen-bond acceptors (Lipinski definition) is 6. The van der Waals surface area contributed by atoms with Gasteiger partial charge in [-0.3, -0.25) is 14.4 Å². The topological polar surface area (TPSA) is 97.0 Å². The fraction of sp³-hybridized carbons (Fsp3) is 0.435. The van der Waals surface area contributed by atoms with Gasteiger partial charge in [-0.1, -0.05) is 0 Å². The lowest BCUT2D eigenvalue weighted by atomic mass is 9.96. The van der Waals surface area contributed by atoms with Gasteiger partial charge in [-0.25, -0.2) is 12.8 Å². The Kier molecular flexibility index (Phi) is 7.59. The third-order valence-corrected chi connectivity index (χ3v) is 7.42. The fourth-order valence-corrected chi connectivity index (χ4v) is 5.23. The van der Waals surface area contributed by atoms with Crippen molar-refractivity contribution in [2.75, 3.05) is 50.8 Å². The van der Waals surface area contributed by atoms with Gasteiger partial charge < -0.3 is 14.8 Å². The molecule has 2 unspecified atom stereocenters. The van der Waals surface area contributed by atoms with Gasteiger partial charge in [0.1, 0.15) is 5.82 Å². The number of benzene rings is 2. The van der Waals surface area contributed by atoms with Crippen LogP contribution in [0.25, 0.3) is 0 Å². The Labute approximate surface area is 193 Å². The summed E-state index contributed by atoms with van der Waals surface area (Å²) in [4.78, 5) is 15.0. The molecule has 33 heavy (non-hydrogen) atoms. The standard InChI is InChI=1S/C23H28FN3O5S/c24-19-3-7-21(8-4-19)33(29,30)26-20-5-1-17(2-6-20)23(28)25-15-22(18-9-12-32-16-18)27-10-13-31-14-11-27/h1-8,18,22,26H,9-16H2,(H,25,28). The summed E-state index contributed by atoms with van der Waals surface area (Å²) in [7, 11) is -3.85. The molecule has 2 aromatic carbocycles. The van der Waals surface area contributed by atoms with E-state index in [1.807, 2.05) is 0 Å². The molecule has 8 nitrogen and oxygen atoms in total. The van der Waals surface area contributed by atoms with Gasteiger partial charge in [0, 0.05) is 49.5 Å². The molecule has 0 aliphatic carbocycles. The monoisotopic (exact) mass is 477 g/mol. The summed E-state index contributed by atoms with van der Waals surface area (Å²) in [6.45, 7) is 4.99. The average Bonchev–Trinajstić information content (AvgIpc) is 3.35. The van der Waals surface area contributed by atoms with Crippen molar-refractivity contribution in [3.63, 3.8) is 0 Å². The number of ether oxygens (including phenoxy) is 2. The fourth-order valence-electron chi connectivity index (χ4n) is 4.18. The van der Waals surface area contributed by atoms with Gasteiger partial charge in [0.2, 0.25) is 0 Å². The first-order valence-corrected chi connectivity index (χ1v) is 12.5. The molecule has 2 aromatic rings. The number of nitrogens with one attached hydrogen (secondary N) is 2. The first-order chi connectivity index (χ1) is 15.9. The number of carbonyl (C=O) groups is 1.